The lowest BCUT2D eigenvalue weighted by Crippen LogP contribution is -2.53. The average molecular weight is 467 g/mol. The van der Waals surface area contributed by atoms with Crippen LogP contribution in [-0.2, 0) is 4.79 Å². The van der Waals surface area contributed by atoms with Gasteiger partial charge in [-0.1, -0.05) is 42.4 Å². The van der Waals surface area contributed by atoms with Crippen LogP contribution in [0.5, 0.6) is 0 Å². The maximum atomic E-state index is 13.8. The first-order valence-corrected chi connectivity index (χ1v) is 12.5. The molecule has 0 radical (unpaired) electrons. The summed E-state index contributed by atoms with van der Waals surface area (Å²) in [7, 11) is 0. The molecule has 0 spiro atoms. The molecule has 1 aliphatic carbocycles. The van der Waals surface area contributed by atoms with E-state index >= 15 is 0 Å². The van der Waals surface area contributed by atoms with Crippen LogP contribution in [0.3, 0.4) is 0 Å². The highest BCUT2D eigenvalue weighted by Crippen LogP contribution is 2.40. The monoisotopic (exact) mass is 466 g/mol. The Kier molecular flexibility index (Phi) is 4.62. The highest BCUT2D eigenvalue weighted by atomic mass is 32.1. The summed E-state index contributed by atoms with van der Waals surface area (Å²) in [6.07, 6.45) is 3.29. The van der Waals surface area contributed by atoms with Crippen molar-refractivity contribution in [1.82, 2.24) is 19.8 Å². The molecule has 172 valence electrons. The van der Waals surface area contributed by atoms with E-state index in [4.69, 9.17) is 0 Å². The van der Waals surface area contributed by atoms with Gasteiger partial charge in [-0.3, -0.25) is 29.4 Å². The number of hydrogen-bond acceptors (Lipinski definition) is 6. The largest absolute Gasteiger partial charge is 0.323 e. The van der Waals surface area contributed by atoms with Gasteiger partial charge in [-0.15, -0.1) is 5.10 Å². The zero-order valence-electron chi connectivity index (χ0n) is 18.7. The Balaban J connectivity index is 1.57. The van der Waals surface area contributed by atoms with E-state index in [0.717, 1.165) is 36.9 Å². The van der Waals surface area contributed by atoms with Gasteiger partial charge in [0, 0.05) is 24.7 Å². The molecular formula is C23H26N6O3S. The zero-order valence-corrected chi connectivity index (χ0v) is 19.5. The number of nitrogens with zero attached hydrogens (tertiary/aromatic N) is 5. The van der Waals surface area contributed by atoms with Gasteiger partial charge < -0.3 is 4.90 Å². The van der Waals surface area contributed by atoms with E-state index in [1.807, 2.05) is 43.0 Å². The molecule has 2 fully saturated rings. The second kappa shape index (κ2) is 7.44. The molecule has 2 atom stereocenters. The molecule has 4 aliphatic rings. The zero-order chi connectivity index (χ0) is 22.9. The number of carbonyl (C=O) groups is 2. The van der Waals surface area contributed by atoms with Crippen molar-refractivity contribution in [2.24, 2.45) is 5.10 Å². The van der Waals surface area contributed by atoms with Crippen molar-refractivity contribution in [2.45, 2.75) is 57.9 Å². The molecule has 9 nitrogen and oxygen atoms in total. The molecule has 2 aromatic rings. The number of thiazole rings is 1. The molecule has 1 aromatic carbocycles. The third-order valence-electron chi connectivity index (χ3n) is 7.26. The smallest absolute Gasteiger partial charge is 0.305 e. The molecule has 4 heterocycles. The normalized spacial score (nSPS) is 25.8. The standard InChI is InChI=1S/C23H26N6O3S/c1-3-26-18-19(27(4-2)23(26)32)29-21(31)17(33-22(29)25-24-18)16-14-11-7-8-12-15(14)28(20(16)30)13-9-5-6-10-13/h7-8,11-13,18-19,24H,3-6,9-10H2,1-2H3/b17-16-. The minimum Gasteiger partial charge on any atom is -0.305 e. The van der Waals surface area contributed by atoms with Gasteiger partial charge in [0.2, 0.25) is 4.80 Å². The average Bonchev–Trinajstić information content (AvgIpc) is 3.56. The number of rotatable bonds is 3. The summed E-state index contributed by atoms with van der Waals surface area (Å²) in [4.78, 5) is 46.2. The molecule has 1 saturated heterocycles. The van der Waals surface area contributed by atoms with Crippen LogP contribution in [0.15, 0.2) is 34.2 Å². The number of fused-ring (bicyclic) bond motifs is 4. The van der Waals surface area contributed by atoms with Crippen LogP contribution < -0.4 is 25.2 Å². The van der Waals surface area contributed by atoms with Gasteiger partial charge in [0.05, 0.1) is 11.3 Å². The summed E-state index contributed by atoms with van der Waals surface area (Å²) in [5.74, 6) is -0.103. The maximum absolute atomic E-state index is 13.8. The van der Waals surface area contributed by atoms with Crippen molar-refractivity contribution < 1.29 is 9.59 Å². The number of anilines is 1. The lowest BCUT2D eigenvalue weighted by atomic mass is 10.1. The van der Waals surface area contributed by atoms with Crippen molar-refractivity contribution in [2.75, 3.05) is 18.0 Å². The minimum absolute atomic E-state index is 0.103. The second-order valence-corrected chi connectivity index (χ2v) is 9.83. The third kappa shape index (κ3) is 2.70. The predicted octanol–water partition coefficient (Wildman–Crippen LogP) is 1.14. The molecule has 6 rings (SSSR count). The number of benzene rings is 1. The number of hydrogen-bond donors (Lipinski definition) is 1. The summed E-state index contributed by atoms with van der Waals surface area (Å²) < 4.78 is 1.99. The maximum Gasteiger partial charge on any atom is 0.323 e. The highest BCUT2D eigenvalue weighted by molar-refractivity contribution is 7.07. The van der Waals surface area contributed by atoms with Gasteiger partial charge >= 0.3 is 6.03 Å². The van der Waals surface area contributed by atoms with Gasteiger partial charge in [-0.05, 0) is 32.8 Å². The van der Waals surface area contributed by atoms with Gasteiger partial charge in [-0.25, -0.2) is 4.79 Å². The van der Waals surface area contributed by atoms with E-state index in [1.165, 1.54) is 11.3 Å². The summed E-state index contributed by atoms with van der Waals surface area (Å²) in [6.45, 7) is 4.81. The predicted molar refractivity (Wildman–Crippen MR) is 124 cm³/mol. The Bertz CT molecular complexity index is 1340. The Morgan fingerprint density at radius 2 is 1.79 bits per heavy atom. The molecule has 0 bridgehead atoms. The van der Waals surface area contributed by atoms with Crippen LogP contribution >= 0.6 is 11.3 Å². The fourth-order valence-corrected chi connectivity index (χ4v) is 6.81. The van der Waals surface area contributed by atoms with Gasteiger partial charge in [0.15, 0.2) is 12.3 Å². The summed E-state index contributed by atoms with van der Waals surface area (Å²) in [6, 6.07) is 7.80. The van der Waals surface area contributed by atoms with Crippen LogP contribution in [0.4, 0.5) is 10.5 Å². The first-order chi connectivity index (χ1) is 16.1. The summed E-state index contributed by atoms with van der Waals surface area (Å²) >= 11 is 1.22. The van der Waals surface area contributed by atoms with Crippen molar-refractivity contribution in [3.05, 3.63) is 49.5 Å². The van der Waals surface area contributed by atoms with Crippen molar-refractivity contribution in [3.63, 3.8) is 0 Å². The van der Waals surface area contributed by atoms with Crippen LogP contribution in [0.25, 0.3) is 5.57 Å². The highest BCUT2D eigenvalue weighted by Gasteiger charge is 2.48. The Labute approximate surface area is 194 Å². The number of amides is 3. The molecule has 3 amide bonds. The molecule has 1 saturated carbocycles. The second-order valence-electron chi connectivity index (χ2n) is 8.85. The number of urea groups is 1. The van der Waals surface area contributed by atoms with E-state index in [0.29, 0.717) is 28.0 Å². The summed E-state index contributed by atoms with van der Waals surface area (Å²) in [5.41, 5.74) is 4.97. The quantitative estimate of drug-likeness (QED) is 0.735. The number of nitrogens with one attached hydrogen (secondary N) is 1. The van der Waals surface area contributed by atoms with Crippen molar-refractivity contribution in [3.8, 4) is 0 Å². The SMILES string of the molecule is CCN1C(=O)N(CC)C2C1NN=c1s/c(=C3\C(=O)N(C4CCCC4)c4ccccc43)c(=O)n12. The topological polar surface area (TPSA) is 90.2 Å². The van der Waals surface area contributed by atoms with Gasteiger partial charge in [0.25, 0.3) is 11.5 Å². The fraction of sp³-hybridized carbons (Fsp3) is 0.478. The van der Waals surface area contributed by atoms with E-state index in [1.54, 1.807) is 14.4 Å². The number of likely N-dealkylation sites (N-methyl/N-ethyl adjacent to an activating group) is 2. The third-order valence-corrected chi connectivity index (χ3v) is 8.32. The lowest BCUT2D eigenvalue weighted by molar-refractivity contribution is -0.113. The molecule has 3 aliphatic heterocycles. The molecular weight excluding hydrogens is 440 g/mol. The molecule has 2 unspecified atom stereocenters. The minimum atomic E-state index is -0.495. The van der Waals surface area contributed by atoms with Crippen LogP contribution in [-0.4, -0.2) is 51.6 Å². The van der Waals surface area contributed by atoms with Crippen LogP contribution in [0.1, 0.15) is 51.3 Å². The van der Waals surface area contributed by atoms with Gasteiger partial charge in [0.1, 0.15) is 4.53 Å². The van der Waals surface area contributed by atoms with Crippen molar-refractivity contribution in [1.29, 1.82) is 0 Å². The van der Waals surface area contributed by atoms with Crippen LogP contribution in [0, 0.1) is 0 Å². The van der Waals surface area contributed by atoms with E-state index in [9.17, 15) is 14.4 Å². The first kappa shape index (κ1) is 20.5. The van der Waals surface area contributed by atoms with Gasteiger partial charge in [-0.2, -0.15) is 0 Å². The molecule has 33 heavy (non-hydrogen) atoms. The van der Waals surface area contributed by atoms with E-state index < -0.39 is 12.3 Å². The van der Waals surface area contributed by atoms with E-state index in [2.05, 4.69) is 10.5 Å². The molecule has 1 N–H and O–H groups in total. The summed E-state index contributed by atoms with van der Waals surface area (Å²) in [5, 5.41) is 4.44. The number of para-hydroxylation sites is 1. The number of aromatic nitrogens is 1. The lowest BCUT2D eigenvalue weighted by Gasteiger charge is -2.29. The van der Waals surface area contributed by atoms with E-state index in [-0.39, 0.29) is 23.5 Å². The molecule has 10 heteroatoms. The first-order valence-electron chi connectivity index (χ1n) is 11.7. The molecule has 1 aromatic heterocycles. The number of carbonyl (C=O) groups excluding carboxylic acids is 2. The van der Waals surface area contributed by atoms with Crippen molar-refractivity contribution >= 4 is 34.5 Å². The van der Waals surface area contributed by atoms with Crippen LogP contribution in [0.2, 0.25) is 0 Å². The fourth-order valence-electron chi connectivity index (χ4n) is 5.75. The Hall–Kier alpha value is -3.14. The Morgan fingerprint density at radius 3 is 2.52 bits per heavy atom. The Morgan fingerprint density at radius 1 is 1.06 bits per heavy atom.